The average molecular weight is 402 g/mol. The van der Waals surface area contributed by atoms with Crippen molar-refractivity contribution in [1.82, 2.24) is 9.55 Å². The highest BCUT2D eigenvalue weighted by Crippen LogP contribution is 2.29. The summed E-state index contributed by atoms with van der Waals surface area (Å²) in [6.45, 7) is 4.38. The van der Waals surface area contributed by atoms with E-state index in [0.717, 1.165) is 28.8 Å². The number of hydrogen-bond acceptors (Lipinski definition) is 3. The van der Waals surface area contributed by atoms with Crippen molar-refractivity contribution in [2.75, 3.05) is 7.11 Å². The molecular weight excluding hydrogens is 379 g/mol. The first-order valence-electron chi connectivity index (χ1n) is 9.77. The van der Waals surface area contributed by atoms with Gasteiger partial charge in [-0.05, 0) is 42.3 Å². The normalized spacial score (nSPS) is 10.9. The van der Waals surface area contributed by atoms with Gasteiger partial charge in [0.2, 0.25) is 0 Å². The molecule has 5 heteroatoms. The Morgan fingerprint density at radius 2 is 1.83 bits per heavy atom. The fourth-order valence-electron chi connectivity index (χ4n) is 3.48. The quantitative estimate of drug-likeness (QED) is 0.363. The summed E-state index contributed by atoms with van der Waals surface area (Å²) in [6, 6.07) is 20.4. The number of methoxy groups -OCH3 is 1. The lowest BCUT2D eigenvalue weighted by molar-refractivity contribution is 0.272. The predicted molar refractivity (Wildman–Crippen MR) is 116 cm³/mol. The van der Waals surface area contributed by atoms with Crippen molar-refractivity contribution in [3.8, 4) is 11.5 Å². The van der Waals surface area contributed by atoms with Gasteiger partial charge in [0.15, 0.2) is 11.5 Å². The van der Waals surface area contributed by atoms with Gasteiger partial charge in [0.25, 0.3) is 0 Å². The molecular formula is C25H23FN2O2. The summed E-state index contributed by atoms with van der Waals surface area (Å²) in [4.78, 5) is 4.72. The fraction of sp³-hybridized carbons (Fsp3) is 0.160. The largest absolute Gasteiger partial charge is 0.493 e. The summed E-state index contributed by atoms with van der Waals surface area (Å²) in [5.74, 6) is 1.78. The van der Waals surface area contributed by atoms with E-state index in [2.05, 4.69) is 6.58 Å². The molecule has 30 heavy (non-hydrogen) atoms. The van der Waals surface area contributed by atoms with Crippen LogP contribution in [0.25, 0.3) is 11.0 Å². The molecule has 4 rings (SSSR count). The fourth-order valence-corrected chi connectivity index (χ4v) is 3.48. The van der Waals surface area contributed by atoms with Crippen LogP contribution in [0.15, 0.2) is 79.4 Å². The SMILES string of the molecule is C=CCc1ccc(OCc2nc3ccccc3n2Cc2ccccc2F)c(OC)c1. The number of hydrogen-bond donors (Lipinski definition) is 0. The summed E-state index contributed by atoms with van der Waals surface area (Å²) in [5, 5.41) is 0. The van der Waals surface area contributed by atoms with Gasteiger partial charge in [-0.3, -0.25) is 0 Å². The van der Waals surface area contributed by atoms with E-state index < -0.39 is 0 Å². The first-order valence-corrected chi connectivity index (χ1v) is 9.77. The van der Waals surface area contributed by atoms with Crippen LogP contribution < -0.4 is 9.47 Å². The van der Waals surface area contributed by atoms with E-state index in [4.69, 9.17) is 14.5 Å². The van der Waals surface area contributed by atoms with E-state index in [1.54, 1.807) is 19.2 Å². The summed E-state index contributed by atoms with van der Waals surface area (Å²) >= 11 is 0. The number of fused-ring (bicyclic) bond motifs is 1. The Hall–Kier alpha value is -3.60. The van der Waals surface area contributed by atoms with Crippen LogP contribution in [-0.2, 0) is 19.6 Å². The summed E-state index contributed by atoms with van der Waals surface area (Å²) < 4.78 is 27.8. The molecule has 0 unspecified atom stereocenters. The number of benzene rings is 3. The van der Waals surface area contributed by atoms with E-state index in [1.165, 1.54) is 6.07 Å². The van der Waals surface area contributed by atoms with E-state index in [0.29, 0.717) is 23.6 Å². The van der Waals surface area contributed by atoms with Crippen LogP contribution in [0, 0.1) is 5.82 Å². The van der Waals surface area contributed by atoms with E-state index in [-0.39, 0.29) is 12.4 Å². The Labute approximate surface area is 175 Å². The summed E-state index contributed by atoms with van der Waals surface area (Å²) in [7, 11) is 1.62. The Morgan fingerprint density at radius 1 is 1.03 bits per heavy atom. The molecule has 0 aliphatic heterocycles. The zero-order chi connectivity index (χ0) is 20.9. The zero-order valence-electron chi connectivity index (χ0n) is 16.8. The lowest BCUT2D eigenvalue weighted by Gasteiger charge is -2.14. The lowest BCUT2D eigenvalue weighted by atomic mass is 10.1. The van der Waals surface area contributed by atoms with Gasteiger partial charge in [-0.1, -0.05) is 42.5 Å². The average Bonchev–Trinajstić information content (AvgIpc) is 3.12. The molecule has 0 saturated heterocycles. The van der Waals surface area contributed by atoms with Crippen LogP contribution in [-0.4, -0.2) is 16.7 Å². The predicted octanol–water partition coefficient (Wildman–Crippen LogP) is 5.54. The van der Waals surface area contributed by atoms with Crippen LogP contribution in [0.5, 0.6) is 11.5 Å². The van der Waals surface area contributed by atoms with Gasteiger partial charge in [-0.15, -0.1) is 6.58 Å². The maximum Gasteiger partial charge on any atom is 0.161 e. The van der Waals surface area contributed by atoms with E-state index in [9.17, 15) is 4.39 Å². The molecule has 152 valence electrons. The minimum absolute atomic E-state index is 0.235. The molecule has 0 atom stereocenters. The van der Waals surface area contributed by atoms with Crippen LogP contribution in [0.4, 0.5) is 4.39 Å². The maximum atomic E-state index is 14.3. The minimum atomic E-state index is -0.235. The molecule has 0 radical (unpaired) electrons. The molecule has 3 aromatic carbocycles. The Balaban J connectivity index is 1.65. The van der Waals surface area contributed by atoms with Crippen molar-refractivity contribution in [1.29, 1.82) is 0 Å². The monoisotopic (exact) mass is 402 g/mol. The van der Waals surface area contributed by atoms with Crippen LogP contribution in [0.2, 0.25) is 0 Å². The van der Waals surface area contributed by atoms with Crippen molar-refractivity contribution in [2.24, 2.45) is 0 Å². The Kier molecular flexibility index (Phi) is 5.80. The summed E-state index contributed by atoms with van der Waals surface area (Å²) in [5.41, 5.74) is 3.49. The second-order valence-corrected chi connectivity index (χ2v) is 6.96. The Bertz CT molecular complexity index is 1180. The molecule has 4 aromatic rings. The molecule has 0 spiro atoms. The van der Waals surface area contributed by atoms with Gasteiger partial charge >= 0.3 is 0 Å². The Morgan fingerprint density at radius 3 is 2.63 bits per heavy atom. The number of imidazole rings is 1. The van der Waals surface area contributed by atoms with Crippen molar-refractivity contribution < 1.29 is 13.9 Å². The van der Waals surface area contributed by atoms with Crippen LogP contribution in [0.1, 0.15) is 17.0 Å². The van der Waals surface area contributed by atoms with Gasteiger partial charge in [0.05, 0.1) is 24.7 Å². The van der Waals surface area contributed by atoms with Crippen molar-refractivity contribution in [3.05, 3.63) is 102 Å². The number of ether oxygens (including phenoxy) is 2. The third-order valence-corrected chi connectivity index (χ3v) is 4.98. The third-order valence-electron chi connectivity index (χ3n) is 4.98. The number of halogens is 1. The van der Waals surface area contributed by atoms with Gasteiger partial charge < -0.3 is 14.0 Å². The molecule has 1 heterocycles. The topological polar surface area (TPSA) is 36.3 Å². The van der Waals surface area contributed by atoms with Gasteiger partial charge in [-0.2, -0.15) is 0 Å². The number of para-hydroxylation sites is 2. The van der Waals surface area contributed by atoms with E-state index >= 15 is 0 Å². The molecule has 4 nitrogen and oxygen atoms in total. The number of nitrogens with zero attached hydrogens (tertiary/aromatic N) is 2. The second-order valence-electron chi connectivity index (χ2n) is 6.96. The third kappa shape index (κ3) is 4.06. The molecule has 0 aliphatic rings. The lowest BCUT2D eigenvalue weighted by Crippen LogP contribution is -2.09. The summed E-state index contributed by atoms with van der Waals surface area (Å²) in [6.07, 6.45) is 2.61. The standard InChI is InChI=1S/C25H23FN2O2/c1-3-8-18-13-14-23(24(15-18)29-2)30-17-25-27-21-11-6-7-12-22(21)28(25)16-19-9-4-5-10-20(19)26/h3-7,9-15H,1,8,16-17H2,2H3. The molecule has 0 bridgehead atoms. The van der Waals surface area contributed by atoms with E-state index in [1.807, 2.05) is 59.2 Å². The highest BCUT2D eigenvalue weighted by molar-refractivity contribution is 5.76. The van der Waals surface area contributed by atoms with Crippen molar-refractivity contribution in [3.63, 3.8) is 0 Å². The molecule has 0 aliphatic carbocycles. The number of rotatable bonds is 8. The van der Waals surface area contributed by atoms with Gasteiger partial charge in [0, 0.05) is 5.56 Å². The second kappa shape index (κ2) is 8.82. The maximum absolute atomic E-state index is 14.3. The number of allylic oxidation sites excluding steroid dienone is 1. The highest BCUT2D eigenvalue weighted by atomic mass is 19.1. The van der Waals surface area contributed by atoms with Gasteiger partial charge in [-0.25, -0.2) is 9.37 Å². The molecule has 0 fully saturated rings. The first kappa shape index (κ1) is 19.7. The smallest absolute Gasteiger partial charge is 0.161 e. The molecule has 0 N–H and O–H groups in total. The van der Waals surface area contributed by atoms with Crippen LogP contribution >= 0.6 is 0 Å². The molecule has 0 saturated carbocycles. The van der Waals surface area contributed by atoms with Crippen molar-refractivity contribution >= 4 is 11.0 Å². The molecule has 0 amide bonds. The first-order chi connectivity index (χ1) is 14.7. The number of aromatic nitrogens is 2. The van der Waals surface area contributed by atoms with Crippen molar-refractivity contribution in [2.45, 2.75) is 19.6 Å². The molecule has 1 aromatic heterocycles. The minimum Gasteiger partial charge on any atom is -0.493 e. The highest BCUT2D eigenvalue weighted by Gasteiger charge is 2.14. The van der Waals surface area contributed by atoms with Gasteiger partial charge in [0.1, 0.15) is 18.2 Å². The van der Waals surface area contributed by atoms with Crippen LogP contribution in [0.3, 0.4) is 0 Å². The zero-order valence-corrected chi connectivity index (χ0v) is 16.8.